The normalized spacial score (nSPS) is 10.4. The molecular weight excluding hydrogens is 252 g/mol. The van der Waals surface area contributed by atoms with Crippen LogP contribution in [0.1, 0.15) is 10.5 Å². The third-order valence-electron chi connectivity index (χ3n) is 2.46. The SMILES string of the molecule is COCOc1ccc2ccc(C=O)nc2c1[N+](=O)[O-]. The number of ether oxygens (including phenoxy) is 2. The number of aromatic nitrogens is 1. The summed E-state index contributed by atoms with van der Waals surface area (Å²) in [7, 11) is 1.41. The molecule has 0 spiro atoms. The molecule has 0 fully saturated rings. The van der Waals surface area contributed by atoms with E-state index >= 15 is 0 Å². The highest BCUT2D eigenvalue weighted by Crippen LogP contribution is 2.34. The van der Waals surface area contributed by atoms with E-state index in [-0.39, 0.29) is 29.4 Å². The van der Waals surface area contributed by atoms with Crippen molar-refractivity contribution in [1.82, 2.24) is 4.98 Å². The van der Waals surface area contributed by atoms with E-state index in [2.05, 4.69) is 4.98 Å². The summed E-state index contributed by atoms with van der Waals surface area (Å²) in [4.78, 5) is 25.2. The zero-order valence-corrected chi connectivity index (χ0v) is 10.0. The van der Waals surface area contributed by atoms with E-state index in [1.165, 1.54) is 19.2 Å². The van der Waals surface area contributed by atoms with Gasteiger partial charge >= 0.3 is 5.69 Å². The van der Waals surface area contributed by atoms with E-state index in [9.17, 15) is 14.9 Å². The van der Waals surface area contributed by atoms with Gasteiger partial charge in [-0.2, -0.15) is 0 Å². The maximum absolute atomic E-state index is 11.2. The lowest BCUT2D eigenvalue weighted by Gasteiger charge is -2.07. The molecule has 7 heteroatoms. The molecule has 7 nitrogen and oxygen atoms in total. The number of aldehydes is 1. The maximum atomic E-state index is 11.2. The van der Waals surface area contributed by atoms with Crippen molar-refractivity contribution in [2.45, 2.75) is 0 Å². The molecule has 0 saturated heterocycles. The number of nitro benzene ring substituents is 1. The number of carbonyl (C=O) groups excluding carboxylic acids is 1. The van der Waals surface area contributed by atoms with Crippen LogP contribution >= 0.6 is 0 Å². The molecule has 0 saturated carbocycles. The Bertz CT molecular complexity index is 641. The summed E-state index contributed by atoms with van der Waals surface area (Å²) < 4.78 is 9.85. The number of nitrogens with zero attached hydrogens (tertiary/aromatic N) is 2. The summed E-state index contributed by atoms with van der Waals surface area (Å²) in [5.74, 6) is 0.0508. The van der Waals surface area contributed by atoms with Crippen molar-refractivity contribution in [3.8, 4) is 5.75 Å². The van der Waals surface area contributed by atoms with E-state index < -0.39 is 4.92 Å². The number of benzene rings is 1. The number of hydrogen-bond acceptors (Lipinski definition) is 6. The lowest BCUT2D eigenvalue weighted by Crippen LogP contribution is -2.03. The number of methoxy groups -OCH3 is 1. The molecule has 1 aromatic carbocycles. The first-order valence-electron chi connectivity index (χ1n) is 5.32. The molecule has 0 atom stereocenters. The molecule has 19 heavy (non-hydrogen) atoms. The first-order chi connectivity index (χ1) is 9.17. The number of pyridine rings is 1. The topological polar surface area (TPSA) is 91.6 Å². The van der Waals surface area contributed by atoms with Crippen LogP contribution in [-0.4, -0.2) is 30.1 Å². The largest absolute Gasteiger partial charge is 0.460 e. The fourth-order valence-corrected chi connectivity index (χ4v) is 1.65. The monoisotopic (exact) mass is 262 g/mol. The molecule has 0 N–H and O–H groups in total. The molecule has 1 aromatic heterocycles. The number of nitro groups is 1. The predicted molar refractivity (Wildman–Crippen MR) is 66.3 cm³/mol. The summed E-state index contributed by atoms with van der Waals surface area (Å²) in [5, 5.41) is 11.7. The molecule has 0 bridgehead atoms. The quantitative estimate of drug-likeness (QED) is 0.354. The Kier molecular flexibility index (Phi) is 3.67. The van der Waals surface area contributed by atoms with Gasteiger partial charge in [-0.15, -0.1) is 0 Å². The molecule has 1 heterocycles. The van der Waals surface area contributed by atoms with Crippen LogP contribution in [0, 0.1) is 10.1 Å². The molecule has 0 aliphatic rings. The van der Waals surface area contributed by atoms with E-state index in [0.29, 0.717) is 11.7 Å². The van der Waals surface area contributed by atoms with Crippen molar-refractivity contribution in [2.75, 3.05) is 13.9 Å². The minimum atomic E-state index is -0.588. The van der Waals surface area contributed by atoms with Crippen LogP contribution in [0.3, 0.4) is 0 Å². The van der Waals surface area contributed by atoms with Gasteiger partial charge in [-0.05, 0) is 18.2 Å². The highest BCUT2D eigenvalue weighted by molar-refractivity contribution is 5.92. The van der Waals surface area contributed by atoms with Gasteiger partial charge < -0.3 is 9.47 Å². The van der Waals surface area contributed by atoms with Crippen molar-refractivity contribution in [3.05, 3.63) is 40.1 Å². The molecule has 2 aromatic rings. The number of hydrogen-bond donors (Lipinski definition) is 0. The summed E-state index contributed by atoms with van der Waals surface area (Å²) in [6.45, 7) is -0.111. The maximum Gasteiger partial charge on any atom is 0.336 e. The van der Waals surface area contributed by atoms with Crippen LogP contribution in [0.4, 0.5) is 5.69 Å². The van der Waals surface area contributed by atoms with Gasteiger partial charge in [-0.25, -0.2) is 4.98 Å². The fourth-order valence-electron chi connectivity index (χ4n) is 1.65. The second kappa shape index (κ2) is 5.40. The van der Waals surface area contributed by atoms with Crippen LogP contribution in [0.2, 0.25) is 0 Å². The van der Waals surface area contributed by atoms with Crippen LogP contribution in [0.25, 0.3) is 10.9 Å². The zero-order chi connectivity index (χ0) is 13.8. The lowest BCUT2D eigenvalue weighted by atomic mass is 10.1. The molecule has 2 rings (SSSR count). The van der Waals surface area contributed by atoms with Crippen LogP contribution < -0.4 is 4.74 Å². The van der Waals surface area contributed by atoms with Gasteiger partial charge in [-0.1, -0.05) is 6.07 Å². The fraction of sp³-hybridized carbons (Fsp3) is 0.167. The third-order valence-corrected chi connectivity index (χ3v) is 2.46. The smallest absolute Gasteiger partial charge is 0.336 e. The van der Waals surface area contributed by atoms with E-state index in [1.807, 2.05) is 0 Å². The second-order valence-corrected chi connectivity index (χ2v) is 3.65. The van der Waals surface area contributed by atoms with Crippen LogP contribution in [0.15, 0.2) is 24.3 Å². The van der Waals surface area contributed by atoms with Crippen molar-refractivity contribution < 1.29 is 19.2 Å². The highest BCUT2D eigenvalue weighted by Gasteiger charge is 2.21. The molecule has 0 aliphatic carbocycles. The Morgan fingerprint density at radius 2 is 2.11 bits per heavy atom. The molecule has 98 valence electrons. The molecule has 0 aliphatic heterocycles. The zero-order valence-electron chi connectivity index (χ0n) is 10.0. The number of fused-ring (bicyclic) bond motifs is 1. The summed E-state index contributed by atoms with van der Waals surface area (Å²) in [6.07, 6.45) is 0.534. The first kappa shape index (κ1) is 12.9. The Hall–Kier alpha value is -2.54. The van der Waals surface area contributed by atoms with E-state index in [0.717, 1.165) is 0 Å². The van der Waals surface area contributed by atoms with Crippen molar-refractivity contribution in [3.63, 3.8) is 0 Å². The molecule has 0 radical (unpaired) electrons. The molecular formula is C12H10N2O5. The van der Waals surface area contributed by atoms with Crippen LogP contribution in [0.5, 0.6) is 5.75 Å². The van der Waals surface area contributed by atoms with E-state index in [4.69, 9.17) is 9.47 Å². The minimum absolute atomic E-state index is 0.0508. The van der Waals surface area contributed by atoms with Crippen molar-refractivity contribution in [2.24, 2.45) is 0 Å². The lowest BCUT2D eigenvalue weighted by molar-refractivity contribution is -0.384. The average Bonchev–Trinajstić information content (AvgIpc) is 2.43. The van der Waals surface area contributed by atoms with Gasteiger partial charge in [0.05, 0.1) is 4.92 Å². The Labute approximate surface area is 107 Å². The Balaban J connectivity index is 2.67. The van der Waals surface area contributed by atoms with Gasteiger partial charge in [-0.3, -0.25) is 14.9 Å². The summed E-state index contributed by atoms with van der Waals surface area (Å²) in [5.41, 5.74) is -0.0408. The van der Waals surface area contributed by atoms with Gasteiger partial charge in [0.1, 0.15) is 5.69 Å². The van der Waals surface area contributed by atoms with Gasteiger partial charge in [0.15, 0.2) is 18.6 Å². The summed E-state index contributed by atoms with van der Waals surface area (Å²) in [6, 6.07) is 6.20. The Morgan fingerprint density at radius 1 is 1.37 bits per heavy atom. The van der Waals surface area contributed by atoms with E-state index in [1.54, 1.807) is 12.1 Å². The predicted octanol–water partition coefficient (Wildman–Crippen LogP) is 1.94. The second-order valence-electron chi connectivity index (χ2n) is 3.65. The Morgan fingerprint density at radius 3 is 2.74 bits per heavy atom. The van der Waals surface area contributed by atoms with Crippen molar-refractivity contribution >= 4 is 22.9 Å². The molecule has 0 amide bonds. The van der Waals surface area contributed by atoms with Gasteiger partial charge in [0.2, 0.25) is 5.75 Å². The standard InChI is InChI=1S/C12H10N2O5/c1-18-7-19-10-5-3-8-2-4-9(6-15)13-11(8)12(10)14(16)17/h2-6H,7H2,1H3. The minimum Gasteiger partial charge on any atom is -0.460 e. The molecule has 0 unspecified atom stereocenters. The number of rotatable bonds is 5. The van der Waals surface area contributed by atoms with Gasteiger partial charge in [0.25, 0.3) is 0 Å². The van der Waals surface area contributed by atoms with Gasteiger partial charge in [0, 0.05) is 12.5 Å². The average molecular weight is 262 g/mol. The summed E-state index contributed by atoms with van der Waals surface area (Å²) >= 11 is 0. The highest BCUT2D eigenvalue weighted by atomic mass is 16.7. The van der Waals surface area contributed by atoms with Crippen molar-refractivity contribution in [1.29, 1.82) is 0 Å². The number of carbonyl (C=O) groups is 1. The first-order valence-corrected chi connectivity index (χ1v) is 5.32. The van der Waals surface area contributed by atoms with Crippen LogP contribution in [-0.2, 0) is 4.74 Å². The third kappa shape index (κ3) is 2.50.